The van der Waals surface area contributed by atoms with Crippen LogP contribution in [0.4, 0.5) is 0 Å². The van der Waals surface area contributed by atoms with Crippen LogP contribution in [0.3, 0.4) is 0 Å². The third-order valence-corrected chi connectivity index (χ3v) is 8.80. The van der Waals surface area contributed by atoms with Crippen molar-refractivity contribution in [3.05, 3.63) is 0 Å². The number of carbonyl (C=O) groups is 2. The summed E-state index contributed by atoms with van der Waals surface area (Å²) in [4.78, 5) is 31.2. The summed E-state index contributed by atoms with van der Waals surface area (Å²) in [7, 11) is 0. The molecule has 4 bridgehead atoms. The number of piperidine rings is 1. The van der Waals surface area contributed by atoms with Crippen molar-refractivity contribution in [3.63, 3.8) is 0 Å². The first-order chi connectivity index (χ1) is 13.4. The van der Waals surface area contributed by atoms with E-state index in [9.17, 15) is 9.59 Å². The highest BCUT2D eigenvalue weighted by atomic mass is 16.2. The normalized spacial score (nSPS) is 43.4. The molecule has 0 aromatic heterocycles. The molecule has 3 atom stereocenters. The average Bonchev–Trinajstić information content (AvgIpc) is 3.15. The summed E-state index contributed by atoms with van der Waals surface area (Å²) in [5.74, 6) is 3.22. The lowest BCUT2D eigenvalue weighted by Crippen LogP contribution is -2.58. The molecule has 6 fully saturated rings. The van der Waals surface area contributed by atoms with Crippen molar-refractivity contribution in [2.45, 2.75) is 83.2 Å². The second kappa shape index (κ2) is 7.00. The maximum atomic E-state index is 13.8. The Labute approximate surface area is 169 Å². The Morgan fingerprint density at radius 1 is 0.964 bits per heavy atom. The van der Waals surface area contributed by atoms with Crippen LogP contribution in [-0.2, 0) is 9.59 Å². The molecule has 2 aliphatic heterocycles. The van der Waals surface area contributed by atoms with E-state index in [0.717, 1.165) is 82.3 Å². The highest BCUT2D eigenvalue weighted by molar-refractivity contribution is 5.91. The number of nitrogens with zero attached hydrogens (tertiary/aromatic N) is 2. The molecule has 2 amide bonds. The first-order valence-corrected chi connectivity index (χ1v) is 11.8. The number of hydrogen-bond acceptors (Lipinski definition) is 3. The van der Waals surface area contributed by atoms with Crippen LogP contribution in [0, 0.1) is 29.1 Å². The fraction of sp³-hybridized carbons (Fsp3) is 0.913. The Morgan fingerprint density at radius 3 is 2.18 bits per heavy atom. The van der Waals surface area contributed by atoms with Crippen LogP contribution in [-0.4, -0.2) is 53.3 Å². The molecule has 5 nitrogen and oxygen atoms in total. The topological polar surface area (TPSA) is 66.6 Å². The first kappa shape index (κ1) is 18.9. The summed E-state index contributed by atoms with van der Waals surface area (Å²) in [5, 5.41) is 0. The van der Waals surface area contributed by atoms with Crippen molar-refractivity contribution in [1.29, 1.82) is 0 Å². The van der Waals surface area contributed by atoms with E-state index >= 15 is 0 Å². The minimum atomic E-state index is -0.215. The molecule has 0 aromatic rings. The number of amides is 2. The maximum absolute atomic E-state index is 13.8. The SMILES string of the molecule is CC(N)C1CCCN(C(=O)C2CCCN2C(=O)C23CC4CC(CC(C4)C2)C3)C1. The molecule has 156 valence electrons. The molecule has 4 aliphatic carbocycles. The molecular formula is C23H37N3O2. The maximum Gasteiger partial charge on any atom is 0.245 e. The lowest BCUT2D eigenvalue weighted by molar-refractivity contribution is -0.162. The van der Waals surface area contributed by atoms with Crippen molar-refractivity contribution < 1.29 is 9.59 Å². The Kier molecular flexibility index (Phi) is 4.72. The van der Waals surface area contributed by atoms with Gasteiger partial charge in [0.2, 0.25) is 11.8 Å². The third kappa shape index (κ3) is 3.09. The summed E-state index contributed by atoms with van der Waals surface area (Å²) in [6.45, 7) is 4.43. The summed E-state index contributed by atoms with van der Waals surface area (Å²) in [6.07, 6.45) is 11.3. The van der Waals surface area contributed by atoms with Crippen molar-refractivity contribution in [3.8, 4) is 0 Å². The average molecular weight is 388 g/mol. The Morgan fingerprint density at radius 2 is 1.57 bits per heavy atom. The molecule has 5 heteroatoms. The van der Waals surface area contributed by atoms with Gasteiger partial charge < -0.3 is 15.5 Å². The van der Waals surface area contributed by atoms with Crippen LogP contribution >= 0.6 is 0 Å². The predicted molar refractivity (Wildman–Crippen MR) is 108 cm³/mol. The quantitative estimate of drug-likeness (QED) is 0.810. The van der Waals surface area contributed by atoms with Crippen LogP contribution in [0.15, 0.2) is 0 Å². The third-order valence-electron chi connectivity index (χ3n) is 8.80. The van der Waals surface area contributed by atoms with Gasteiger partial charge in [0, 0.05) is 25.7 Å². The number of likely N-dealkylation sites (tertiary alicyclic amines) is 2. The molecule has 2 N–H and O–H groups in total. The molecule has 6 rings (SSSR count). The van der Waals surface area contributed by atoms with E-state index in [-0.39, 0.29) is 23.4 Å². The largest absolute Gasteiger partial charge is 0.341 e. The molecule has 4 saturated carbocycles. The van der Waals surface area contributed by atoms with E-state index in [2.05, 4.69) is 6.92 Å². The lowest BCUT2D eigenvalue weighted by atomic mass is 9.49. The highest BCUT2D eigenvalue weighted by Gasteiger charge is 2.57. The summed E-state index contributed by atoms with van der Waals surface area (Å²) in [5.41, 5.74) is 5.99. The molecule has 28 heavy (non-hydrogen) atoms. The molecule has 0 spiro atoms. The van der Waals surface area contributed by atoms with Crippen LogP contribution in [0.2, 0.25) is 0 Å². The summed E-state index contributed by atoms with van der Waals surface area (Å²) >= 11 is 0. The van der Waals surface area contributed by atoms with Crippen molar-refractivity contribution >= 4 is 11.8 Å². The Hall–Kier alpha value is -1.10. The minimum Gasteiger partial charge on any atom is -0.341 e. The van der Waals surface area contributed by atoms with Crippen molar-refractivity contribution in [2.75, 3.05) is 19.6 Å². The highest BCUT2D eigenvalue weighted by Crippen LogP contribution is 2.60. The number of rotatable bonds is 3. The standard InChI is InChI=1S/C23H37N3O2/c1-15(24)19-4-2-6-25(14-19)21(27)20-5-3-7-26(20)22(28)23-11-16-8-17(12-23)10-18(9-16)13-23/h15-20H,2-14,24H2,1H3. The predicted octanol–water partition coefficient (Wildman–Crippen LogP) is 2.78. The molecule has 2 saturated heterocycles. The Bertz CT molecular complexity index is 610. The van der Waals surface area contributed by atoms with E-state index in [1.807, 2.05) is 9.80 Å². The molecule has 3 unspecified atom stereocenters. The summed E-state index contributed by atoms with van der Waals surface area (Å²) in [6, 6.07) is -0.0868. The van der Waals surface area contributed by atoms with Gasteiger partial charge in [0.15, 0.2) is 0 Å². The van der Waals surface area contributed by atoms with Crippen LogP contribution in [0.25, 0.3) is 0 Å². The molecule has 0 radical (unpaired) electrons. The van der Waals surface area contributed by atoms with Gasteiger partial charge >= 0.3 is 0 Å². The van der Waals surface area contributed by atoms with Gasteiger partial charge in [0.25, 0.3) is 0 Å². The van der Waals surface area contributed by atoms with Crippen molar-refractivity contribution in [2.24, 2.45) is 34.8 Å². The Balaban J connectivity index is 1.31. The molecule has 0 aromatic carbocycles. The van der Waals surface area contributed by atoms with E-state index in [1.54, 1.807) is 0 Å². The zero-order valence-corrected chi connectivity index (χ0v) is 17.4. The van der Waals surface area contributed by atoms with Gasteiger partial charge in [-0.3, -0.25) is 9.59 Å². The van der Waals surface area contributed by atoms with Crippen LogP contribution < -0.4 is 5.73 Å². The molecule has 6 aliphatic rings. The number of hydrogen-bond donors (Lipinski definition) is 1. The van der Waals surface area contributed by atoms with E-state index in [0.29, 0.717) is 11.8 Å². The number of nitrogens with two attached hydrogens (primary N) is 1. The van der Waals surface area contributed by atoms with E-state index in [4.69, 9.17) is 5.73 Å². The lowest BCUT2D eigenvalue weighted by Gasteiger charge is -2.56. The van der Waals surface area contributed by atoms with E-state index < -0.39 is 0 Å². The van der Waals surface area contributed by atoms with Crippen LogP contribution in [0.1, 0.15) is 71.1 Å². The fourth-order valence-electron chi connectivity index (χ4n) is 7.79. The van der Waals surface area contributed by atoms with Crippen molar-refractivity contribution in [1.82, 2.24) is 9.80 Å². The molecule has 2 heterocycles. The first-order valence-electron chi connectivity index (χ1n) is 11.8. The molecular weight excluding hydrogens is 350 g/mol. The van der Waals surface area contributed by atoms with E-state index in [1.165, 1.54) is 19.3 Å². The van der Waals surface area contributed by atoms with Gasteiger partial charge in [-0.05, 0) is 94.8 Å². The smallest absolute Gasteiger partial charge is 0.245 e. The van der Waals surface area contributed by atoms with Gasteiger partial charge in [0.05, 0.1) is 5.41 Å². The van der Waals surface area contributed by atoms with Gasteiger partial charge in [-0.25, -0.2) is 0 Å². The monoisotopic (exact) mass is 387 g/mol. The zero-order chi connectivity index (χ0) is 19.5. The second-order valence-corrected chi connectivity index (χ2v) is 10.9. The van der Waals surface area contributed by atoms with Gasteiger partial charge in [-0.2, -0.15) is 0 Å². The minimum absolute atomic E-state index is 0.129. The number of carbonyl (C=O) groups excluding carboxylic acids is 2. The van der Waals surface area contributed by atoms with Gasteiger partial charge in [-0.15, -0.1) is 0 Å². The zero-order valence-electron chi connectivity index (χ0n) is 17.4. The summed E-state index contributed by atoms with van der Waals surface area (Å²) < 4.78 is 0. The second-order valence-electron chi connectivity index (χ2n) is 10.9. The van der Waals surface area contributed by atoms with Crippen LogP contribution in [0.5, 0.6) is 0 Å². The fourth-order valence-corrected chi connectivity index (χ4v) is 7.79. The van der Waals surface area contributed by atoms with Gasteiger partial charge in [-0.1, -0.05) is 0 Å². The van der Waals surface area contributed by atoms with Gasteiger partial charge in [0.1, 0.15) is 6.04 Å².